The van der Waals surface area contributed by atoms with Crippen LogP contribution in [0.5, 0.6) is 0 Å². The second kappa shape index (κ2) is 12.6. The van der Waals surface area contributed by atoms with E-state index in [9.17, 15) is 0 Å². The summed E-state index contributed by atoms with van der Waals surface area (Å²) in [5.74, 6) is 0. The van der Waals surface area contributed by atoms with Crippen LogP contribution >= 0.6 is 11.6 Å². The molecule has 7 heteroatoms. The van der Waals surface area contributed by atoms with E-state index in [1.165, 1.54) is 7.11 Å². The Bertz CT molecular complexity index is 880. The van der Waals surface area contributed by atoms with E-state index < -0.39 is 0 Å². The van der Waals surface area contributed by atoms with Crippen LogP contribution in [-0.2, 0) is 21.1 Å². The largest absolute Gasteiger partial charge is 0.399 e. The molecule has 0 saturated heterocycles. The fraction of sp³-hybridized carbons (Fsp3) is 0.318. The highest BCUT2D eigenvalue weighted by atomic mass is 35.5. The minimum atomic E-state index is 0.357. The minimum absolute atomic E-state index is 0.357. The normalized spacial score (nSPS) is 11.3. The third-order valence-electron chi connectivity index (χ3n) is 4.15. The highest BCUT2D eigenvalue weighted by molar-refractivity contribution is 6.31. The lowest BCUT2D eigenvalue weighted by atomic mass is 10.00. The zero-order valence-electron chi connectivity index (χ0n) is 17.7. The zero-order valence-corrected chi connectivity index (χ0v) is 18.5. The Balaban J connectivity index is 0.000000960. The third-order valence-corrected chi connectivity index (χ3v) is 4.55. The van der Waals surface area contributed by atoms with Crippen molar-refractivity contribution >= 4 is 29.4 Å². The molecule has 2 rings (SSSR count). The summed E-state index contributed by atoms with van der Waals surface area (Å²) in [6.07, 6.45) is 0.625. The van der Waals surface area contributed by atoms with Crippen molar-refractivity contribution in [3.63, 3.8) is 0 Å². The molecule has 6 nitrogen and oxygen atoms in total. The van der Waals surface area contributed by atoms with Gasteiger partial charge in [0.05, 0.1) is 11.4 Å². The van der Waals surface area contributed by atoms with Crippen molar-refractivity contribution in [3.05, 3.63) is 69.2 Å². The van der Waals surface area contributed by atoms with Crippen molar-refractivity contribution in [3.8, 4) is 0 Å². The van der Waals surface area contributed by atoms with Crippen LogP contribution in [-0.4, -0.2) is 32.0 Å². The smallest absolute Gasteiger partial charge is 0.206 e. The maximum atomic E-state index is 9.06. The first-order valence-corrected chi connectivity index (χ1v) is 9.44. The number of aryl methyl sites for hydroxylation is 2. The molecule has 29 heavy (non-hydrogen) atoms. The molecule has 2 aromatic carbocycles. The second-order valence-corrected chi connectivity index (χ2v) is 6.69. The molecule has 0 unspecified atom stereocenters. The Morgan fingerprint density at radius 1 is 1.10 bits per heavy atom. The molecule has 0 atom stereocenters. The number of oxime groups is 2. The molecule has 0 radical (unpaired) electrons. The van der Waals surface area contributed by atoms with E-state index in [1.54, 1.807) is 7.05 Å². The average Bonchev–Trinajstić information content (AvgIpc) is 2.71. The predicted molar refractivity (Wildman–Crippen MR) is 119 cm³/mol. The molecule has 0 spiro atoms. The van der Waals surface area contributed by atoms with E-state index in [4.69, 9.17) is 26.1 Å². The zero-order chi connectivity index (χ0) is 21.8. The molecule has 0 bridgehead atoms. The van der Waals surface area contributed by atoms with Crippen LogP contribution in [0.4, 0.5) is 0 Å². The molecular weight excluding hydrogens is 390 g/mol. The Labute approximate surface area is 177 Å². The van der Waals surface area contributed by atoms with E-state index in [0.717, 1.165) is 44.3 Å². The SMILES string of the molecule is CNC=O.CO/N=C(/C)c1cccc(C)c1CO/N=C(\C)c1ccc(C)c(Cl)c1. The molecule has 2 aromatic rings. The van der Waals surface area contributed by atoms with Gasteiger partial charge < -0.3 is 15.0 Å². The van der Waals surface area contributed by atoms with Gasteiger partial charge in [0.2, 0.25) is 6.41 Å². The molecule has 0 fully saturated rings. The third kappa shape index (κ3) is 7.58. The average molecular weight is 418 g/mol. The summed E-state index contributed by atoms with van der Waals surface area (Å²) < 4.78 is 0. The lowest BCUT2D eigenvalue weighted by Crippen LogP contribution is -2.05. The lowest BCUT2D eigenvalue weighted by molar-refractivity contribution is -0.109. The van der Waals surface area contributed by atoms with Crippen molar-refractivity contribution < 1.29 is 14.5 Å². The number of rotatable bonds is 7. The molecule has 0 aliphatic rings. The standard InChI is InChI=1S/C20H23ClN2O2.C2H5NO/c1-13-7-6-8-18(16(4)22-24-5)19(13)12-25-23-15(3)17-10-9-14(2)20(21)11-17;1-3-2-4/h6-11H,12H2,1-5H3;2H,1H3,(H,3,4)/b22-16-,23-15+;. The molecule has 0 aliphatic heterocycles. The van der Waals surface area contributed by atoms with Gasteiger partial charge in [-0.15, -0.1) is 0 Å². The summed E-state index contributed by atoms with van der Waals surface area (Å²) in [4.78, 5) is 19.5. The Morgan fingerprint density at radius 3 is 2.38 bits per heavy atom. The van der Waals surface area contributed by atoms with E-state index in [1.807, 2.05) is 64.1 Å². The summed E-state index contributed by atoms with van der Waals surface area (Å²) in [6, 6.07) is 11.9. The number of nitrogens with zero attached hydrogens (tertiary/aromatic N) is 2. The maximum absolute atomic E-state index is 9.06. The Hall–Kier alpha value is -2.86. The molecule has 0 aliphatic carbocycles. The second-order valence-electron chi connectivity index (χ2n) is 6.28. The number of halogens is 1. The van der Waals surface area contributed by atoms with E-state index in [0.29, 0.717) is 13.0 Å². The number of carbonyl (C=O) groups excluding carboxylic acids is 1. The maximum Gasteiger partial charge on any atom is 0.206 e. The van der Waals surface area contributed by atoms with Crippen LogP contribution in [0, 0.1) is 13.8 Å². The predicted octanol–water partition coefficient (Wildman–Crippen LogP) is 4.63. The minimum Gasteiger partial charge on any atom is -0.399 e. The van der Waals surface area contributed by atoms with Gasteiger partial charge in [0, 0.05) is 28.8 Å². The van der Waals surface area contributed by atoms with Crippen LogP contribution in [0.2, 0.25) is 5.02 Å². The monoisotopic (exact) mass is 417 g/mol. The number of carbonyl (C=O) groups is 1. The first-order valence-electron chi connectivity index (χ1n) is 9.06. The van der Waals surface area contributed by atoms with Gasteiger partial charge in [-0.25, -0.2) is 0 Å². The number of nitrogens with one attached hydrogen (secondary N) is 1. The van der Waals surface area contributed by atoms with Crippen LogP contribution in [0.1, 0.15) is 41.7 Å². The molecule has 1 N–H and O–H groups in total. The van der Waals surface area contributed by atoms with Gasteiger partial charge in [-0.05, 0) is 44.9 Å². The molecule has 0 saturated carbocycles. The van der Waals surface area contributed by atoms with Gasteiger partial charge in [0.15, 0.2) is 0 Å². The van der Waals surface area contributed by atoms with Crippen molar-refractivity contribution in [1.82, 2.24) is 5.32 Å². The summed E-state index contributed by atoms with van der Waals surface area (Å²) in [5.41, 5.74) is 6.71. The van der Waals surface area contributed by atoms with Gasteiger partial charge in [-0.3, -0.25) is 4.79 Å². The fourth-order valence-corrected chi connectivity index (χ4v) is 2.66. The molecule has 0 heterocycles. The fourth-order valence-electron chi connectivity index (χ4n) is 2.48. The van der Waals surface area contributed by atoms with Crippen molar-refractivity contribution in [1.29, 1.82) is 0 Å². The quantitative estimate of drug-likeness (QED) is 0.405. The molecule has 0 aromatic heterocycles. The van der Waals surface area contributed by atoms with Crippen LogP contribution < -0.4 is 5.32 Å². The van der Waals surface area contributed by atoms with Gasteiger partial charge in [-0.2, -0.15) is 0 Å². The summed E-state index contributed by atoms with van der Waals surface area (Å²) in [7, 11) is 3.10. The molecule has 156 valence electrons. The van der Waals surface area contributed by atoms with Gasteiger partial charge in [-0.1, -0.05) is 52.2 Å². The molecular formula is C22H28ClN3O3. The Kier molecular flexibility index (Phi) is 10.5. The molecule has 1 amide bonds. The van der Waals surface area contributed by atoms with Gasteiger partial charge in [0.1, 0.15) is 13.7 Å². The van der Waals surface area contributed by atoms with E-state index in [2.05, 4.69) is 15.6 Å². The highest BCUT2D eigenvalue weighted by Crippen LogP contribution is 2.19. The van der Waals surface area contributed by atoms with E-state index in [-0.39, 0.29) is 0 Å². The number of amides is 1. The van der Waals surface area contributed by atoms with Crippen LogP contribution in [0.3, 0.4) is 0 Å². The summed E-state index contributed by atoms with van der Waals surface area (Å²) in [5, 5.41) is 11.2. The summed E-state index contributed by atoms with van der Waals surface area (Å²) >= 11 is 6.17. The number of hydrogen-bond donors (Lipinski definition) is 1. The Morgan fingerprint density at radius 2 is 1.79 bits per heavy atom. The first kappa shape index (κ1) is 24.2. The topological polar surface area (TPSA) is 72.3 Å². The number of benzene rings is 2. The lowest BCUT2D eigenvalue weighted by Gasteiger charge is -2.11. The van der Waals surface area contributed by atoms with Crippen molar-refractivity contribution in [2.75, 3.05) is 14.2 Å². The van der Waals surface area contributed by atoms with Gasteiger partial charge in [0.25, 0.3) is 0 Å². The summed E-state index contributed by atoms with van der Waals surface area (Å²) in [6.45, 7) is 8.18. The van der Waals surface area contributed by atoms with E-state index >= 15 is 0 Å². The first-order chi connectivity index (χ1) is 13.8. The number of hydrogen-bond acceptors (Lipinski definition) is 5. The van der Waals surface area contributed by atoms with Crippen molar-refractivity contribution in [2.24, 2.45) is 10.3 Å². The highest BCUT2D eigenvalue weighted by Gasteiger charge is 2.10. The van der Waals surface area contributed by atoms with Crippen molar-refractivity contribution in [2.45, 2.75) is 34.3 Å². The van der Waals surface area contributed by atoms with Gasteiger partial charge >= 0.3 is 0 Å². The van der Waals surface area contributed by atoms with Crippen LogP contribution in [0.25, 0.3) is 0 Å². The van der Waals surface area contributed by atoms with Crippen LogP contribution in [0.15, 0.2) is 46.7 Å².